The minimum absolute atomic E-state index is 0.421. The van der Waals surface area contributed by atoms with Gasteiger partial charge in [0.15, 0.2) is 0 Å². The molecule has 0 unspecified atom stereocenters. The standard InChI is InChI=1S/C17H21N/c1-13-7-3-4-8-15(13)11-16-9-5-6-10-17(16)14(2)12-18/h3-10,14H,11-12,18H2,1-2H3/t14-/m0/s1. The molecule has 0 amide bonds. The molecule has 0 saturated heterocycles. The van der Waals surface area contributed by atoms with Gasteiger partial charge in [-0.05, 0) is 48.1 Å². The van der Waals surface area contributed by atoms with Crippen molar-refractivity contribution in [1.29, 1.82) is 0 Å². The summed E-state index contributed by atoms with van der Waals surface area (Å²) in [7, 11) is 0. The maximum atomic E-state index is 5.80. The van der Waals surface area contributed by atoms with Crippen molar-refractivity contribution in [3.63, 3.8) is 0 Å². The predicted molar refractivity (Wildman–Crippen MR) is 77.9 cm³/mol. The van der Waals surface area contributed by atoms with E-state index in [1.54, 1.807) is 0 Å². The molecular formula is C17H21N. The Morgan fingerprint density at radius 2 is 1.56 bits per heavy atom. The van der Waals surface area contributed by atoms with Crippen LogP contribution in [-0.2, 0) is 6.42 Å². The first kappa shape index (κ1) is 12.8. The molecule has 0 saturated carbocycles. The van der Waals surface area contributed by atoms with Gasteiger partial charge in [0.2, 0.25) is 0 Å². The highest BCUT2D eigenvalue weighted by Gasteiger charge is 2.09. The van der Waals surface area contributed by atoms with E-state index in [2.05, 4.69) is 62.4 Å². The average Bonchev–Trinajstić information content (AvgIpc) is 2.41. The molecule has 0 aliphatic carbocycles. The molecule has 0 spiro atoms. The molecule has 0 aromatic heterocycles. The van der Waals surface area contributed by atoms with Gasteiger partial charge in [-0.15, -0.1) is 0 Å². The number of hydrogen-bond donors (Lipinski definition) is 1. The van der Waals surface area contributed by atoms with Crippen LogP contribution in [0.5, 0.6) is 0 Å². The van der Waals surface area contributed by atoms with E-state index in [9.17, 15) is 0 Å². The lowest BCUT2D eigenvalue weighted by atomic mass is 9.91. The summed E-state index contributed by atoms with van der Waals surface area (Å²) in [4.78, 5) is 0. The summed E-state index contributed by atoms with van der Waals surface area (Å²) >= 11 is 0. The van der Waals surface area contributed by atoms with Crippen LogP contribution in [0, 0.1) is 6.92 Å². The van der Waals surface area contributed by atoms with Crippen molar-refractivity contribution in [1.82, 2.24) is 0 Å². The molecule has 0 radical (unpaired) electrons. The molecule has 0 bridgehead atoms. The van der Waals surface area contributed by atoms with Crippen molar-refractivity contribution in [2.75, 3.05) is 6.54 Å². The molecule has 0 aliphatic rings. The predicted octanol–water partition coefficient (Wildman–Crippen LogP) is 3.65. The fourth-order valence-corrected chi connectivity index (χ4v) is 2.32. The minimum Gasteiger partial charge on any atom is -0.330 e. The fraction of sp³-hybridized carbons (Fsp3) is 0.294. The van der Waals surface area contributed by atoms with Crippen LogP contribution >= 0.6 is 0 Å². The van der Waals surface area contributed by atoms with Gasteiger partial charge in [0, 0.05) is 0 Å². The lowest BCUT2D eigenvalue weighted by molar-refractivity contribution is 0.763. The molecule has 2 rings (SSSR count). The van der Waals surface area contributed by atoms with Gasteiger partial charge in [-0.3, -0.25) is 0 Å². The van der Waals surface area contributed by atoms with E-state index in [1.165, 1.54) is 22.3 Å². The van der Waals surface area contributed by atoms with Crippen LogP contribution in [-0.4, -0.2) is 6.54 Å². The first-order chi connectivity index (χ1) is 8.72. The largest absolute Gasteiger partial charge is 0.330 e. The van der Waals surface area contributed by atoms with E-state index >= 15 is 0 Å². The molecule has 1 atom stereocenters. The number of rotatable bonds is 4. The maximum absolute atomic E-state index is 5.80. The van der Waals surface area contributed by atoms with Crippen molar-refractivity contribution in [3.05, 3.63) is 70.8 Å². The molecule has 0 heterocycles. The Bertz CT molecular complexity index is 517. The van der Waals surface area contributed by atoms with Crippen LogP contribution in [0.15, 0.2) is 48.5 Å². The zero-order valence-corrected chi connectivity index (χ0v) is 11.2. The van der Waals surface area contributed by atoms with Crippen molar-refractivity contribution in [2.24, 2.45) is 5.73 Å². The zero-order chi connectivity index (χ0) is 13.0. The first-order valence-corrected chi connectivity index (χ1v) is 6.54. The maximum Gasteiger partial charge on any atom is -0.00108 e. The van der Waals surface area contributed by atoms with Gasteiger partial charge in [0.05, 0.1) is 0 Å². The second-order valence-corrected chi connectivity index (χ2v) is 4.94. The summed E-state index contributed by atoms with van der Waals surface area (Å²) < 4.78 is 0. The SMILES string of the molecule is Cc1ccccc1Cc1ccccc1[C@@H](C)CN. The lowest BCUT2D eigenvalue weighted by Gasteiger charge is -2.15. The second kappa shape index (κ2) is 5.83. The number of benzene rings is 2. The molecule has 2 N–H and O–H groups in total. The third-order valence-corrected chi connectivity index (χ3v) is 3.58. The lowest BCUT2D eigenvalue weighted by Crippen LogP contribution is -2.11. The van der Waals surface area contributed by atoms with E-state index < -0.39 is 0 Å². The van der Waals surface area contributed by atoms with E-state index in [-0.39, 0.29) is 0 Å². The fourth-order valence-electron chi connectivity index (χ4n) is 2.32. The highest BCUT2D eigenvalue weighted by atomic mass is 14.5. The molecule has 2 aromatic carbocycles. The van der Waals surface area contributed by atoms with Gasteiger partial charge >= 0.3 is 0 Å². The van der Waals surface area contributed by atoms with Crippen LogP contribution in [0.4, 0.5) is 0 Å². The quantitative estimate of drug-likeness (QED) is 0.866. The summed E-state index contributed by atoms with van der Waals surface area (Å²) in [6.07, 6.45) is 0.993. The Labute approximate surface area is 110 Å². The van der Waals surface area contributed by atoms with E-state index in [0.717, 1.165) is 6.42 Å². The Morgan fingerprint density at radius 1 is 0.944 bits per heavy atom. The van der Waals surface area contributed by atoms with E-state index in [1.807, 2.05) is 0 Å². The van der Waals surface area contributed by atoms with E-state index in [4.69, 9.17) is 5.73 Å². The summed E-state index contributed by atoms with van der Waals surface area (Å²) in [5.41, 5.74) is 11.3. The van der Waals surface area contributed by atoms with Crippen molar-refractivity contribution in [3.8, 4) is 0 Å². The van der Waals surface area contributed by atoms with Crippen LogP contribution in [0.3, 0.4) is 0 Å². The summed E-state index contributed by atoms with van der Waals surface area (Å²) in [6, 6.07) is 17.2. The average molecular weight is 239 g/mol. The van der Waals surface area contributed by atoms with Gasteiger partial charge in [0.1, 0.15) is 0 Å². The molecular weight excluding hydrogens is 218 g/mol. The van der Waals surface area contributed by atoms with Crippen LogP contribution < -0.4 is 5.73 Å². The molecule has 94 valence electrons. The highest BCUT2D eigenvalue weighted by Crippen LogP contribution is 2.22. The summed E-state index contributed by atoms with van der Waals surface area (Å²) in [5.74, 6) is 0.421. The third kappa shape index (κ3) is 2.80. The molecule has 0 aliphatic heterocycles. The van der Waals surface area contributed by atoms with Crippen molar-refractivity contribution >= 4 is 0 Å². The monoisotopic (exact) mass is 239 g/mol. The molecule has 0 fully saturated rings. The van der Waals surface area contributed by atoms with Gasteiger partial charge in [-0.1, -0.05) is 55.5 Å². The molecule has 1 nitrogen and oxygen atoms in total. The first-order valence-electron chi connectivity index (χ1n) is 6.54. The zero-order valence-electron chi connectivity index (χ0n) is 11.2. The van der Waals surface area contributed by atoms with E-state index in [0.29, 0.717) is 12.5 Å². The van der Waals surface area contributed by atoms with Crippen LogP contribution in [0.25, 0.3) is 0 Å². The summed E-state index contributed by atoms with van der Waals surface area (Å²) in [6.45, 7) is 5.06. The summed E-state index contributed by atoms with van der Waals surface area (Å²) in [5, 5.41) is 0. The minimum atomic E-state index is 0.421. The van der Waals surface area contributed by atoms with Gasteiger partial charge in [-0.2, -0.15) is 0 Å². The molecule has 1 heteroatoms. The molecule has 2 aromatic rings. The van der Waals surface area contributed by atoms with Gasteiger partial charge in [0.25, 0.3) is 0 Å². The second-order valence-electron chi connectivity index (χ2n) is 4.94. The number of aryl methyl sites for hydroxylation is 1. The highest BCUT2D eigenvalue weighted by molar-refractivity contribution is 5.37. The van der Waals surface area contributed by atoms with Crippen molar-refractivity contribution in [2.45, 2.75) is 26.2 Å². The van der Waals surface area contributed by atoms with Crippen LogP contribution in [0.2, 0.25) is 0 Å². The Morgan fingerprint density at radius 3 is 2.22 bits per heavy atom. The number of nitrogens with two attached hydrogens (primary N) is 1. The number of hydrogen-bond acceptors (Lipinski definition) is 1. The Balaban J connectivity index is 2.32. The third-order valence-electron chi connectivity index (χ3n) is 3.58. The Kier molecular flexibility index (Phi) is 4.16. The van der Waals surface area contributed by atoms with Crippen LogP contribution in [0.1, 0.15) is 35.1 Å². The van der Waals surface area contributed by atoms with Gasteiger partial charge < -0.3 is 5.73 Å². The van der Waals surface area contributed by atoms with Gasteiger partial charge in [-0.25, -0.2) is 0 Å². The normalized spacial score (nSPS) is 12.4. The molecule has 18 heavy (non-hydrogen) atoms. The van der Waals surface area contributed by atoms with Crippen molar-refractivity contribution < 1.29 is 0 Å². The Hall–Kier alpha value is -1.60. The smallest absolute Gasteiger partial charge is 0.00108 e. The topological polar surface area (TPSA) is 26.0 Å².